The molecular weight excluding hydrogens is 312 g/mol. The lowest BCUT2D eigenvalue weighted by molar-refractivity contribution is -0.146. The van der Waals surface area contributed by atoms with Crippen molar-refractivity contribution < 1.29 is 14.7 Å². The second-order valence-corrected chi connectivity index (χ2v) is 5.79. The molecule has 0 aliphatic carbocycles. The molecule has 0 atom stereocenters. The minimum Gasteiger partial charge on any atom is -0.480 e. The van der Waals surface area contributed by atoms with Crippen molar-refractivity contribution in [3.8, 4) is 0 Å². The van der Waals surface area contributed by atoms with Crippen LogP contribution in [0.4, 0.5) is 10.5 Å². The minimum atomic E-state index is -1.27. The van der Waals surface area contributed by atoms with Crippen molar-refractivity contribution in [3.05, 3.63) is 28.2 Å². The summed E-state index contributed by atoms with van der Waals surface area (Å²) in [4.78, 5) is 24.3. The number of hydrogen-bond donors (Lipinski definition) is 2. The van der Waals surface area contributed by atoms with Gasteiger partial charge in [-0.15, -0.1) is 0 Å². The smallest absolute Gasteiger partial charge is 0.329 e. The fourth-order valence-electron chi connectivity index (χ4n) is 1.41. The van der Waals surface area contributed by atoms with Crippen LogP contribution in [-0.4, -0.2) is 34.6 Å². The van der Waals surface area contributed by atoms with Crippen LogP contribution in [0.3, 0.4) is 0 Å². The number of nitrogens with one attached hydrogen (secondary N) is 1. The standard InChI is InChI=1S/C13H17BrN2O3/c1-8-5-9(14)7-10(6-8)15-12(19)16(4)13(2,3)11(17)18/h5-7H,1-4H3,(H,15,19)(H,17,18). The Balaban J connectivity index is 2.88. The monoisotopic (exact) mass is 328 g/mol. The minimum absolute atomic E-state index is 0.468. The van der Waals surface area contributed by atoms with Crippen molar-refractivity contribution in [2.45, 2.75) is 26.3 Å². The largest absolute Gasteiger partial charge is 0.480 e. The summed E-state index contributed by atoms with van der Waals surface area (Å²) in [5.74, 6) is -1.06. The first-order chi connectivity index (χ1) is 8.64. The van der Waals surface area contributed by atoms with Gasteiger partial charge in [0.15, 0.2) is 0 Å². The van der Waals surface area contributed by atoms with Crippen LogP contribution in [0, 0.1) is 6.92 Å². The Hall–Kier alpha value is -1.56. The van der Waals surface area contributed by atoms with E-state index in [1.54, 1.807) is 6.07 Å². The zero-order valence-corrected chi connectivity index (χ0v) is 12.9. The second-order valence-electron chi connectivity index (χ2n) is 4.87. The summed E-state index contributed by atoms with van der Waals surface area (Å²) in [7, 11) is 1.45. The van der Waals surface area contributed by atoms with Crippen LogP contribution in [0.1, 0.15) is 19.4 Å². The number of amides is 2. The van der Waals surface area contributed by atoms with Gasteiger partial charge in [0.1, 0.15) is 5.54 Å². The number of likely N-dealkylation sites (N-methyl/N-ethyl adjacent to an activating group) is 1. The Morgan fingerprint density at radius 2 is 1.89 bits per heavy atom. The quantitative estimate of drug-likeness (QED) is 0.895. The van der Waals surface area contributed by atoms with E-state index >= 15 is 0 Å². The molecule has 0 fully saturated rings. The Bertz CT molecular complexity index is 494. The van der Waals surface area contributed by atoms with Gasteiger partial charge in [0.2, 0.25) is 0 Å². The normalized spacial score (nSPS) is 11.0. The topological polar surface area (TPSA) is 69.6 Å². The Morgan fingerprint density at radius 1 is 1.32 bits per heavy atom. The van der Waals surface area contributed by atoms with E-state index in [9.17, 15) is 9.59 Å². The summed E-state index contributed by atoms with van der Waals surface area (Å²) in [5.41, 5.74) is 0.334. The molecule has 1 rings (SSSR count). The van der Waals surface area contributed by atoms with Crippen LogP contribution < -0.4 is 5.32 Å². The molecule has 0 unspecified atom stereocenters. The summed E-state index contributed by atoms with van der Waals surface area (Å²) < 4.78 is 0.850. The SMILES string of the molecule is Cc1cc(Br)cc(NC(=O)N(C)C(C)(C)C(=O)O)c1. The van der Waals surface area contributed by atoms with Gasteiger partial charge in [0.25, 0.3) is 0 Å². The summed E-state index contributed by atoms with van der Waals surface area (Å²) in [6, 6.07) is 5.02. The van der Waals surface area contributed by atoms with Crippen molar-refractivity contribution in [1.82, 2.24) is 4.90 Å². The third-order valence-electron chi connectivity index (χ3n) is 2.96. The van der Waals surface area contributed by atoms with E-state index < -0.39 is 17.5 Å². The van der Waals surface area contributed by atoms with Crippen LogP contribution in [0.5, 0.6) is 0 Å². The van der Waals surface area contributed by atoms with Crippen molar-refractivity contribution in [2.75, 3.05) is 12.4 Å². The first-order valence-electron chi connectivity index (χ1n) is 5.70. The van der Waals surface area contributed by atoms with Crippen molar-refractivity contribution >= 4 is 33.6 Å². The molecule has 0 heterocycles. The van der Waals surface area contributed by atoms with Crippen LogP contribution >= 0.6 is 15.9 Å². The number of rotatable bonds is 3. The number of benzene rings is 1. The Labute approximate surface area is 120 Å². The highest BCUT2D eigenvalue weighted by molar-refractivity contribution is 9.10. The first-order valence-corrected chi connectivity index (χ1v) is 6.49. The van der Waals surface area contributed by atoms with Gasteiger partial charge in [-0.2, -0.15) is 0 Å². The van der Waals surface area contributed by atoms with Crippen LogP contribution in [0.15, 0.2) is 22.7 Å². The van der Waals surface area contributed by atoms with E-state index in [2.05, 4.69) is 21.2 Å². The molecule has 1 aromatic rings. The molecule has 2 amide bonds. The molecule has 0 radical (unpaired) electrons. The van der Waals surface area contributed by atoms with E-state index in [0.29, 0.717) is 5.69 Å². The predicted octanol–water partition coefficient (Wildman–Crippen LogP) is 3.08. The number of anilines is 1. The first kappa shape index (κ1) is 15.5. The summed E-state index contributed by atoms with van der Waals surface area (Å²) in [6.45, 7) is 4.85. The van der Waals surface area contributed by atoms with E-state index in [0.717, 1.165) is 14.9 Å². The number of carboxylic acid groups (broad SMARTS) is 1. The highest BCUT2D eigenvalue weighted by Crippen LogP contribution is 2.20. The lowest BCUT2D eigenvalue weighted by Crippen LogP contribution is -2.52. The van der Waals surface area contributed by atoms with Gasteiger partial charge < -0.3 is 15.3 Å². The molecule has 0 spiro atoms. The average Bonchev–Trinajstić information content (AvgIpc) is 2.25. The van der Waals surface area contributed by atoms with E-state index in [1.807, 2.05) is 19.1 Å². The lowest BCUT2D eigenvalue weighted by Gasteiger charge is -2.31. The molecule has 0 aliphatic rings. The molecular formula is C13H17BrN2O3. The molecule has 2 N–H and O–H groups in total. The number of nitrogens with zero attached hydrogens (tertiary/aromatic N) is 1. The number of aliphatic carboxylic acids is 1. The van der Waals surface area contributed by atoms with Crippen molar-refractivity contribution in [3.63, 3.8) is 0 Å². The molecule has 6 heteroatoms. The molecule has 1 aromatic carbocycles. The van der Waals surface area contributed by atoms with Crippen LogP contribution in [0.2, 0.25) is 0 Å². The number of aryl methyl sites for hydroxylation is 1. The van der Waals surface area contributed by atoms with Crippen molar-refractivity contribution in [1.29, 1.82) is 0 Å². The Kier molecular flexibility index (Phi) is 4.57. The third-order valence-corrected chi connectivity index (χ3v) is 3.42. The number of carboxylic acids is 1. The van der Waals surface area contributed by atoms with E-state index in [4.69, 9.17) is 5.11 Å². The van der Waals surface area contributed by atoms with Gasteiger partial charge in [-0.3, -0.25) is 0 Å². The molecule has 0 aliphatic heterocycles. The Morgan fingerprint density at radius 3 is 2.37 bits per heavy atom. The number of carbonyl (C=O) groups is 2. The number of halogens is 1. The lowest BCUT2D eigenvalue weighted by atomic mass is 10.1. The fraction of sp³-hybridized carbons (Fsp3) is 0.385. The van der Waals surface area contributed by atoms with Gasteiger partial charge in [0, 0.05) is 17.2 Å². The highest BCUT2D eigenvalue weighted by atomic mass is 79.9. The molecule has 0 aromatic heterocycles. The fourth-order valence-corrected chi connectivity index (χ4v) is 2.02. The van der Waals surface area contributed by atoms with Gasteiger partial charge in [-0.05, 0) is 44.5 Å². The summed E-state index contributed by atoms with van der Waals surface area (Å²) in [6.07, 6.45) is 0. The molecule has 19 heavy (non-hydrogen) atoms. The van der Waals surface area contributed by atoms with Gasteiger partial charge in [-0.1, -0.05) is 15.9 Å². The average molecular weight is 329 g/mol. The second kappa shape index (κ2) is 5.61. The van der Waals surface area contributed by atoms with Crippen LogP contribution in [0.25, 0.3) is 0 Å². The molecule has 5 nitrogen and oxygen atoms in total. The zero-order chi connectivity index (χ0) is 14.8. The van der Waals surface area contributed by atoms with E-state index in [1.165, 1.54) is 20.9 Å². The molecule has 0 saturated carbocycles. The molecule has 104 valence electrons. The van der Waals surface area contributed by atoms with Gasteiger partial charge >= 0.3 is 12.0 Å². The van der Waals surface area contributed by atoms with Crippen LogP contribution in [-0.2, 0) is 4.79 Å². The predicted molar refractivity (Wildman–Crippen MR) is 77.4 cm³/mol. The van der Waals surface area contributed by atoms with Crippen molar-refractivity contribution in [2.24, 2.45) is 0 Å². The number of urea groups is 1. The zero-order valence-electron chi connectivity index (χ0n) is 11.3. The maximum Gasteiger partial charge on any atom is 0.329 e. The molecule has 0 bridgehead atoms. The van der Waals surface area contributed by atoms with Gasteiger partial charge in [-0.25, -0.2) is 9.59 Å². The summed E-state index contributed by atoms with van der Waals surface area (Å²) >= 11 is 3.34. The third kappa shape index (κ3) is 3.70. The maximum absolute atomic E-state index is 12.0. The highest BCUT2D eigenvalue weighted by Gasteiger charge is 2.35. The van der Waals surface area contributed by atoms with E-state index in [-0.39, 0.29) is 0 Å². The van der Waals surface area contributed by atoms with Gasteiger partial charge in [0.05, 0.1) is 0 Å². The maximum atomic E-state index is 12.0. The number of hydrogen-bond acceptors (Lipinski definition) is 2. The molecule has 0 saturated heterocycles. The number of carbonyl (C=O) groups excluding carboxylic acids is 1. The summed E-state index contributed by atoms with van der Waals surface area (Å²) in [5, 5.41) is 11.8.